The molecule has 6 nitrogen and oxygen atoms in total. The van der Waals surface area contributed by atoms with E-state index >= 15 is 0 Å². The Morgan fingerprint density at radius 1 is 1.22 bits per heavy atom. The molecule has 1 aromatic rings. The molecule has 1 atom stereocenters. The van der Waals surface area contributed by atoms with Gasteiger partial charge < -0.3 is 4.74 Å². The zero-order valence-electron chi connectivity index (χ0n) is 13.2. The average Bonchev–Trinajstić information content (AvgIpc) is 2.50. The number of carbonyl (C=O) groups is 4. The van der Waals surface area contributed by atoms with Crippen LogP contribution in [0.25, 0.3) is 0 Å². The van der Waals surface area contributed by atoms with Gasteiger partial charge in [0.05, 0.1) is 6.61 Å². The molecule has 0 spiro atoms. The second-order valence-electron chi connectivity index (χ2n) is 5.33. The van der Waals surface area contributed by atoms with Gasteiger partial charge >= 0.3 is 5.97 Å². The fourth-order valence-electron chi connectivity index (χ4n) is 2.70. The molecule has 0 bridgehead atoms. The molecule has 1 aromatic carbocycles. The third-order valence-corrected chi connectivity index (χ3v) is 3.73. The number of hydrogen-bond donors (Lipinski definition) is 0. The fraction of sp³-hybridized carbons (Fsp3) is 0.412. The SMILES string of the molecule is CCOC(=O)CCCN1C(=O)c2ccccc2C(C(C)=O)C1=O. The van der Waals surface area contributed by atoms with Crippen molar-refractivity contribution in [3.05, 3.63) is 35.4 Å². The number of carbonyl (C=O) groups excluding carboxylic acids is 4. The first-order valence-electron chi connectivity index (χ1n) is 7.58. The third kappa shape index (κ3) is 3.47. The quantitative estimate of drug-likeness (QED) is 0.453. The molecule has 6 heteroatoms. The maximum absolute atomic E-state index is 12.5. The van der Waals surface area contributed by atoms with Crippen LogP contribution in [0.5, 0.6) is 0 Å². The van der Waals surface area contributed by atoms with Crippen LogP contribution in [0.15, 0.2) is 24.3 Å². The van der Waals surface area contributed by atoms with E-state index in [1.165, 1.54) is 6.92 Å². The van der Waals surface area contributed by atoms with Gasteiger partial charge in [0.2, 0.25) is 5.91 Å². The van der Waals surface area contributed by atoms with Crippen molar-refractivity contribution in [2.24, 2.45) is 0 Å². The first kappa shape index (κ1) is 16.9. The number of benzene rings is 1. The molecule has 2 amide bonds. The monoisotopic (exact) mass is 317 g/mol. The minimum atomic E-state index is -0.952. The van der Waals surface area contributed by atoms with E-state index in [1.807, 2.05) is 0 Å². The van der Waals surface area contributed by atoms with Crippen LogP contribution in [-0.2, 0) is 19.1 Å². The number of hydrogen-bond acceptors (Lipinski definition) is 5. The largest absolute Gasteiger partial charge is 0.466 e. The highest BCUT2D eigenvalue weighted by atomic mass is 16.5. The molecule has 1 unspecified atom stereocenters. The lowest BCUT2D eigenvalue weighted by atomic mass is 9.86. The summed E-state index contributed by atoms with van der Waals surface area (Å²) in [5.41, 5.74) is 0.820. The molecule has 1 aliphatic heterocycles. The summed E-state index contributed by atoms with van der Waals surface area (Å²) in [7, 11) is 0. The molecule has 23 heavy (non-hydrogen) atoms. The summed E-state index contributed by atoms with van der Waals surface area (Å²) < 4.78 is 4.82. The maximum Gasteiger partial charge on any atom is 0.305 e. The van der Waals surface area contributed by atoms with Gasteiger partial charge in [0.15, 0.2) is 0 Å². The zero-order valence-corrected chi connectivity index (χ0v) is 13.2. The van der Waals surface area contributed by atoms with Gasteiger partial charge in [-0.2, -0.15) is 0 Å². The highest BCUT2D eigenvalue weighted by Gasteiger charge is 2.40. The van der Waals surface area contributed by atoms with Crippen LogP contribution in [0.1, 0.15) is 48.5 Å². The van der Waals surface area contributed by atoms with Crippen molar-refractivity contribution in [3.8, 4) is 0 Å². The summed E-state index contributed by atoms with van der Waals surface area (Å²) in [5.74, 6) is -2.57. The van der Waals surface area contributed by atoms with E-state index in [4.69, 9.17) is 4.74 Å². The van der Waals surface area contributed by atoms with E-state index in [0.717, 1.165) is 4.90 Å². The van der Waals surface area contributed by atoms with Crippen LogP contribution in [0.2, 0.25) is 0 Å². The smallest absolute Gasteiger partial charge is 0.305 e. The first-order valence-corrected chi connectivity index (χ1v) is 7.58. The predicted octanol–water partition coefficient (Wildman–Crippen LogP) is 1.68. The summed E-state index contributed by atoms with van der Waals surface area (Å²) in [6.07, 6.45) is 0.431. The average molecular weight is 317 g/mol. The van der Waals surface area contributed by atoms with Gasteiger partial charge in [-0.3, -0.25) is 24.1 Å². The molecule has 0 aromatic heterocycles. The Morgan fingerprint density at radius 2 is 1.91 bits per heavy atom. The normalized spacial score (nSPS) is 17.0. The molecule has 0 radical (unpaired) electrons. The lowest BCUT2D eigenvalue weighted by Gasteiger charge is -2.31. The van der Waals surface area contributed by atoms with Gasteiger partial charge in [-0.05, 0) is 31.9 Å². The molecule has 0 saturated heterocycles. The molecular formula is C17H19NO5. The molecule has 0 N–H and O–H groups in total. The van der Waals surface area contributed by atoms with E-state index in [2.05, 4.69) is 0 Å². The number of rotatable bonds is 6. The maximum atomic E-state index is 12.5. The molecule has 1 aliphatic rings. The van der Waals surface area contributed by atoms with Gasteiger partial charge in [-0.15, -0.1) is 0 Å². The number of esters is 1. The number of fused-ring (bicyclic) bond motifs is 1. The van der Waals surface area contributed by atoms with Gasteiger partial charge in [0.1, 0.15) is 11.7 Å². The molecule has 0 saturated carbocycles. The number of Topliss-reactive ketones (excluding diaryl/α,β-unsaturated/α-hetero) is 1. The summed E-state index contributed by atoms with van der Waals surface area (Å²) in [4.78, 5) is 49.3. The molecule has 0 aliphatic carbocycles. The Labute approximate surface area is 134 Å². The summed E-state index contributed by atoms with van der Waals surface area (Å²) >= 11 is 0. The first-order chi connectivity index (χ1) is 11.0. The Balaban J connectivity index is 2.18. The number of amides is 2. The molecule has 1 heterocycles. The van der Waals surface area contributed by atoms with Gasteiger partial charge in [0, 0.05) is 18.5 Å². The second-order valence-corrected chi connectivity index (χ2v) is 5.33. The lowest BCUT2D eigenvalue weighted by Crippen LogP contribution is -2.47. The topological polar surface area (TPSA) is 80.8 Å². The highest BCUT2D eigenvalue weighted by Crippen LogP contribution is 2.30. The van der Waals surface area contributed by atoms with Crippen molar-refractivity contribution in [1.29, 1.82) is 0 Å². The third-order valence-electron chi connectivity index (χ3n) is 3.73. The van der Waals surface area contributed by atoms with Gasteiger partial charge in [-0.1, -0.05) is 18.2 Å². The minimum absolute atomic E-state index is 0.0919. The molecule has 122 valence electrons. The predicted molar refractivity (Wildman–Crippen MR) is 81.8 cm³/mol. The highest BCUT2D eigenvalue weighted by molar-refractivity contribution is 6.18. The van der Waals surface area contributed by atoms with Crippen molar-refractivity contribution >= 4 is 23.6 Å². The van der Waals surface area contributed by atoms with Crippen LogP contribution in [0, 0.1) is 0 Å². The van der Waals surface area contributed by atoms with Gasteiger partial charge in [-0.25, -0.2) is 0 Å². The number of nitrogens with zero attached hydrogens (tertiary/aromatic N) is 1. The zero-order chi connectivity index (χ0) is 17.0. The Kier molecular flexibility index (Phi) is 5.26. The van der Waals surface area contributed by atoms with Crippen LogP contribution >= 0.6 is 0 Å². The summed E-state index contributed by atoms with van der Waals surface area (Å²) in [6, 6.07) is 6.64. The van der Waals surface area contributed by atoms with Crippen molar-refractivity contribution in [1.82, 2.24) is 4.90 Å². The standard InChI is InChI=1S/C17H19NO5/c1-3-23-14(20)9-6-10-18-16(21)13-8-5-4-7-12(13)15(11(2)19)17(18)22/h4-5,7-8,15H,3,6,9-10H2,1-2H3. The van der Waals surface area contributed by atoms with E-state index in [0.29, 0.717) is 24.2 Å². The lowest BCUT2D eigenvalue weighted by molar-refractivity contribution is -0.144. The van der Waals surface area contributed by atoms with Crippen molar-refractivity contribution in [2.75, 3.05) is 13.2 Å². The number of ether oxygens (including phenoxy) is 1. The van der Waals surface area contributed by atoms with Crippen molar-refractivity contribution in [3.63, 3.8) is 0 Å². The summed E-state index contributed by atoms with van der Waals surface area (Å²) in [5, 5.41) is 0. The van der Waals surface area contributed by atoms with E-state index < -0.39 is 17.7 Å². The van der Waals surface area contributed by atoms with E-state index in [1.54, 1.807) is 31.2 Å². The number of imide groups is 1. The minimum Gasteiger partial charge on any atom is -0.466 e. The number of ketones is 1. The molecule has 2 rings (SSSR count). The van der Waals surface area contributed by atoms with E-state index in [9.17, 15) is 19.2 Å². The van der Waals surface area contributed by atoms with Crippen LogP contribution < -0.4 is 0 Å². The Morgan fingerprint density at radius 3 is 2.57 bits per heavy atom. The van der Waals surface area contributed by atoms with Crippen molar-refractivity contribution in [2.45, 2.75) is 32.6 Å². The van der Waals surface area contributed by atoms with Crippen LogP contribution in [-0.4, -0.2) is 41.6 Å². The molecular weight excluding hydrogens is 298 g/mol. The summed E-state index contributed by atoms with van der Waals surface area (Å²) in [6.45, 7) is 3.44. The van der Waals surface area contributed by atoms with Crippen molar-refractivity contribution < 1.29 is 23.9 Å². The van der Waals surface area contributed by atoms with E-state index in [-0.39, 0.29) is 24.7 Å². The van der Waals surface area contributed by atoms with Gasteiger partial charge in [0.25, 0.3) is 5.91 Å². The van der Waals surface area contributed by atoms with Crippen LogP contribution in [0.3, 0.4) is 0 Å². The Hall–Kier alpha value is -2.50. The second kappa shape index (κ2) is 7.17. The fourth-order valence-corrected chi connectivity index (χ4v) is 2.70. The van der Waals surface area contributed by atoms with Crippen LogP contribution in [0.4, 0.5) is 0 Å². The Bertz CT molecular complexity index is 652. The molecule has 0 fully saturated rings.